The van der Waals surface area contributed by atoms with Gasteiger partial charge in [-0.3, -0.25) is 4.79 Å². The summed E-state index contributed by atoms with van der Waals surface area (Å²) in [6.45, 7) is 4.43. The van der Waals surface area contributed by atoms with Gasteiger partial charge < -0.3 is 10.1 Å². The van der Waals surface area contributed by atoms with Crippen LogP contribution in [0, 0.1) is 0 Å². The number of aliphatic hydroxyl groups excluding tert-OH is 1. The van der Waals surface area contributed by atoms with E-state index in [9.17, 15) is 9.90 Å². The van der Waals surface area contributed by atoms with Crippen molar-refractivity contribution >= 4 is 22.8 Å². The zero-order valence-corrected chi connectivity index (χ0v) is 14.5. The van der Waals surface area contributed by atoms with E-state index in [0.29, 0.717) is 21.4 Å². The monoisotopic (exact) mass is 344 g/mol. The fraction of sp³-hybridized carbons (Fsp3) is 0.353. The second-order valence-electron chi connectivity index (χ2n) is 5.70. The predicted octanol–water partition coefficient (Wildman–Crippen LogP) is 2.74. The summed E-state index contributed by atoms with van der Waals surface area (Å²) in [6.07, 6.45) is 1.77. The Balaban J connectivity index is 1.92. The van der Waals surface area contributed by atoms with Gasteiger partial charge in [0.15, 0.2) is 10.8 Å². The number of aromatic nitrogens is 4. The molecule has 2 atom stereocenters. The van der Waals surface area contributed by atoms with Gasteiger partial charge in [-0.15, -0.1) is 0 Å². The quantitative estimate of drug-likeness (QED) is 0.531. The zero-order valence-electron chi connectivity index (χ0n) is 13.6. The summed E-state index contributed by atoms with van der Waals surface area (Å²) < 4.78 is 1.59. The van der Waals surface area contributed by atoms with E-state index in [1.54, 1.807) is 4.68 Å². The molecule has 0 aliphatic heterocycles. The second-order valence-corrected chi connectivity index (χ2v) is 7.13. The summed E-state index contributed by atoms with van der Waals surface area (Å²) in [4.78, 5) is 19.5. The number of H-pyrrole nitrogens is 1. The van der Waals surface area contributed by atoms with Gasteiger partial charge in [0.05, 0.1) is 18.8 Å². The van der Waals surface area contributed by atoms with Crippen LogP contribution in [0.25, 0.3) is 11.0 Å². The molecule has 3 rings (SSSR count). The number of nitrogens with zero attached hydrogens (tertiary/aromatic N) is 3. The number of aliphatic hydroxyl groups is 1. The van der Waals surface area contributed by atoms with Gasteiger partial charge in [0, 0.05) is 5.25 Å². The molecule has 24 heavy (non-hydrogen) atoms. The minimum absolute atomic E-state index is 0.203. The lowest BCUT2D eigenvalue weighted by molar-refractivity contribution is 0.153. The van der Waals surface area contributed by atoms with Gasteiger partial charge in [-0.2, -0.15) is 5.10 Å². The Hall–Kier alpha value is -2.12. The smallest absolute Gasteiger partial charge is 0.262 e. The van der Waals surface area contributed by atoms with Crippen molar-refractivity contribution in [3.63, 3.8) is 0 Å². The summed E-state index contributed by atoms with van der Waals surface area (Å²) in [6, 6.07) is 9.38. The van der Waals surface area contributed by atoms with Crippen LogP contribution in [0.4, 0.5) is 0 Å². The molecule has 0 saturated carbocycles. The molecule has 0 amide bonds. The van der Waals surface area contributed by atoms with Crippen molar-refractivity contribution in [2.75, 3.05) is 0 Å². The Kier molecular flexibility index (Phi) is 5.01. The first-order valence-corrected chi connectivity index (χ1v) is 8.82. The molecule has 2 N–H and O–H groups in total. The highest BCUT2D eigenvalue weighted by atomic mass is 32.2. The molecule has 0 saturated heterocycles. The maximum Gasteiger partial charge on any atom is 0.262 e. The van der Waals surface area contributed by atoms with Crippen LogP contribution in [-0.4, -0.2) is 30.1 Å². The lowest BCUT2D eigenvalue weighted by Crippen LogP contribution is -2.14. The molecule has 1 aromatic carbocycles. The fourth-order valence-corrected chi connectivity index (χ4v) is 3.19. The molecular formula is C17H20N4O2S. The second kappa shape index (κ2) is 7.19. The van der Waals surface area contributed by atoms with E-state index in [0.717, 1.165) is 12.0 Å². The SMILES string of the molecule is CCC(C)Sc1nc2c(cnn2CC(O)c2ccccc2)c(=O)[nH]1. The summed E-state index contributed by atoms with van der Waals surface area (Å²) in [5.41, 5.74) is 1.10. The number of hydrogen-bond acceptors (Lipinski definition) is 5. The molecule has 0 fully saturated rings. The molecule has 0 radical (unpaired) electrons. The maximum atomic E-state index is 12.2. The third-order valence-corrected chi connectivity index (χ3v) is 5.05. The van der Waals surface area contributed by atoms with E-state index in [4.69, 9.17) is 0 Å². The first-order chi connectivity index (χ1) is 11.6. The molecular weight excluding hydrogens is 324 g/mol. The van der Waals surface area contributed by atoms with Gasteiger partial charge in [-0.05, 0) is 12.0 Å². The average molecular weight is 344 g/mol. The molecule has 0 aliphatic rings. The molecule has 2 aromatic heterocycles. The number of fused-ring (bicyclic) bond motifs is 1. The fourth-order valence-electron chi connectivity index (χ4n) is 2.35. The van der Waals surface area contributed by atoms with Crippen molar-refractivity contribution in [3.05, 3.63) is 52.4 Å². The van der Waals surface area contributed by atoms with Crippen molar-refractivity contribution in [1.29, 1.82) is 0 Å². The van der Waals surface area contributed by atoms with Gasteiger partial charge in [0.25, 0.3) is 5.56 Å². The molecule has 2 heterocycles. The van der Waals surface area contributed by atoms with E-state index in [2.05, 4.69) is 28.9 Å². The van der Waals surface area contributed by atoms with Crippen molar-refractivity contribution < 1.29 is 5.11 Å². The molecule has 7 heteroatoms. The van der Waals surface area contributed by atoms with E-state index >= 15 is 0 Å². The lowest BCUT2D eigenvalue weighted by atomic mass is 10.1. The number of nitrogens with one attached hydrogen (secondary N) is 1. The van der Waals surface area contributed by atoms with Gasteiger partial charge in [0.1, 0.15) is 5.39 Å². The van der Waals surface area contributed by atoms with Gasteiger partial charge in [-0.1, -0.05) is 55.9 Å². The minimum atomic E-state index is -0.707. The van der Waals surface area contributed by atoms with Crippen LogP contribution in [0.1, 0.15) is 31.9 Å². The van der Waals surface area contributed by atoms with E-state index in [-0.39, 0.29) is 12.1 Å². The molecule has 126 valence electrons. The molecule has 6 nitrogen and oxygen atoms in total. The summed E-state index contributed by atoms with van der Waals surface area (Å²) >= 11 is 1.53. The third-order valence-electron chi connectivity index (χ3n) is 3.90. The normalized spacial score (nSPS) is 14.0. The maximum absolute atomic E-state index is 12.2. The van der Waals surface area contributed by atoms with Crippen molar-refractivity contribution in [2.24, 2.45) is 0 Å². The van der Waals surface area contributed by atoms with Crippen LogP contribution in [-0.2, 0) is 6.54 Å². The van der Waals surface area contributed by atoms with Gasteiger partial charge in [-0.25, -0.2) is 9.67 Å². The first kappa shape index (κ1) is 16.7. The highest BCUT2D eigenvalue weighted by Crippen LogP contribution is 2.22. The van der Waals surface area contributed by atoms with Crippen molar-refractivity contribution in [2.45, 2.75) is 43.3 Å². The Morgan fingerprint density at radius 2 is 2.08 bits per heavy atom. The number of aromatic amines is 1. The molecule has 0 bridgehead atoms. The Bertz CT molecular complexity index is 875. The Labute approximate surface area is 143 Å². The van der Waals surface area contributed by atoms with E-state index < -0.39 is 6.10 Å². The third kappa shape index (κ3) is 3.52. The first-order valence-electron chi connectivity index (χ1n) is 7.94. The Morgan fingerprint density at radius 3 is 2.79 bits per heavy atom. The van der Waals surface area contributed by atoms with Crippen LogP contribution in [0.3, 0.4) is 0 Å². The summed E-state index contributed by atoms with van der Waals surface area (Å²) in [5, 5.41) is 16.0. The summed E-state index contributed by atoms with van der Waals surface area (Å²) in [7, 11) is 0. The summed E-state index contributed by atoms with van der Waals surface area (Å²) in [5.74, 6) is 0. The number of rotatable bonds is 6. The van der Waals surface area contributed by atoms with E-state index in [1.807, 2.05) is 30.3 Å². The largest absolute Gasteiger partial charge is 0.386 e. The van der Waals surface area contributed by atoms with Crippen molar-refractivity contribution in [3.8, 4) is 0 Å². The highest BCUT2D eigenvalue weighted by Gasteiger charge is 2.15. The highest BCUT2D eigenvalue weighted by molar-refractivity contribution is 7.99. The molecule has 0 aliphatic carbocycles. The van der Waals surface area contributed by atoms with Gasteiger partial charge >= 0.3 is 0 Å². The van der Waals surface area contributed by atoms with Crippen molar-refractivity contribution in [1.82, 2.24) is 19.7 Å². The molecule has 0 spiro atoms. The number of hydrogen-bond donors (Lipinski definition) is 2. The number of thioether (sulfide) groups is 1. The van der Waals surface area contributed by atoms with E-state index in [1.165, 1.54) is 18.0 Å². The minimum Gasteiger partial charge on any atom is -0.386 e. The zero-order chi connectivity index (χ0) is 17.1. The van der Waals surface area contributed by atoms with Crippen LogP contribution in [0.5, 0.6) is 0 Å². The average Bonchev–Trinajstić information content (AvgIpc) is 2.99. The van der Waals surface area contributed by atoms with Crippen LogP contribution < -0.4 is 5.56 Å². The van der Waals surface area contributed by atoms with Crippen LogP contribution in [0.2, 0.25) is 0 Å². The lowest BCUT2D eigenvalue weighted by Gasteiger charge is -2.12. The van der Waals surface area contributed by atoms with Crippen LogP contribution >= 0.6 is 11.8 Å². The van der Waals surface area contributed by atoms with Crippen LogP contribution in [0.15, 0.2) is 46.5 Å². The standard InChI is InChI=1S/C17H20N4O2S/c1-3-11(2)24-17-19-15-13(16(23)20-17)9-18-21(15)10-14(22)12-7-5-4-6-8-12/h4-9,11,14,22H,3,10H2,1-2H3,(H,19,20,23). The number of benzene rings is 1. The predicted molar refractivity (Wildman–Crippen MR) is 95.2 cm³/mol. The van der Waals surface area contributed by atoms with Gasteiger partial charge in [0.2, 0.25) is 0 Å². The molecule has 3 aromatic rings. The topological polar surface area (TPSA) is 83.8 Å². The molecule has 2 unspecified atom stereocenters. The Morgan fingerprint density at radius 1 is 1.33 bits per heavy atom.